The van der Waals surface area contributed by atoms with Gasteiger partial charge < -0.3 is 15.2 Å². The van der Waals surface area contributed by atoms with E-state index in [1.165, 1.54) is 0 Å². The van der Waals surface area contributed by atoms with Gasteiger partial charge in [-0.1, -0.05) is 24.6 Å². The molecule has 0 unspecified atom stereocenters. The van der Waals surface area contributed by atoms with Crippen LogP contribution in [0.5, 0.6) is 5.75 Å². The van der Waals surface area contributed by atoms with Crippen LogP contribution in [-0.4, -0.2) is 54.7 Å². The molecule has 1 aliphatic heterocycles. The highest BCUT2D eigenvalue weighted by Crippen LogP contribution is 2.48. The van der Waals surface area contributed by atoms with E-state index in [4.69, 9.17) is 4.74 Å². The predicted molar refractivity (Wildman–Crippen MR) is 96.0 cm³/mol. The number of aliphatic carboxylic acids is 1. The normalized spacial score (nSPS) is 25.0. The number of carboxylic acids is 1. The van der Waals surface area contributed by atoms with E-state index >= 15 is 0 Å². The van der Waals surface area contributed by atoms with Gasteiger partial charge in [-0.05, 0) is 30.9 Å². The lowest BCUT2D eigenvalue weighted by atomic mass is 9.81. The Labute approximate surface area is 153 Å². The van der Waals surface area contributed by atoms with Crippen molar-refractivity contribution < 1.29 is 19.4 Å². The Bertz CT molecular complexity index is 598. The summed E-state index contributed by atoms with van der Waals surface area (Å²) in [6.45, 7) is 2.31. The smallest absolute Gasteiger partial charge is 0.311 e. The average Bonchev–Trinajstić information content (AvgIpc) is 3.10. The summed E-state index contributed by atoms with van der Waals surface area (Å²) in [5.41, 5.74) is -0.628. The number of carbonyl (C=O) groups is 2. The first kappa shape index (κ1) is 19.5. The van der Waals surface area contributed by atoms with Gasteiger partial charge in [0.25, 0.3) is 0 Å². The predicted octanol–water partition coefficient (Wildman–Crippen LogP) is 1.79. The Balaban J connectivity index is 0.00000225. The van der Waals surface area contributed by atoms with E-state index < -0.39 is 11.4 Å². The molecule has 3 rings (SSSR count). The molecule has 7 heteroatoms. The number of amides is 1. The minimum Gasteiger partial charge on any atom is -0.492 e. The first-order valence-corrected chi connectivity index (χ1v) is 8.50. The fourth-order valence-electron chi connectivity index (χ4n) is 4.00. The van der Waals surface area contributed by atoms with Crippen LogP contribution in [0.4, 0.5) is 0 Å². The number of nitrogens with one attached hydrogen (secondary N) is 1. The molecule has 2 atom stereocenters. The summed E-state index contributed by atoms with van der Waals surface area (Å²) < 4.78 is 5.53. The molecule has 1 saturated carbocycles. The molecule has 1 aliphatic carbocycles. The average molecular weight is 369 g/mol. The van der Waals surface area contributed by atoms with Gasteiger partial charge in [0.15, 0.2) is 0 Å². The third-order valence-corrected chi connectivity index (χ3v) is 5.17. The fourth-order valence-corrected chi connectivity index (χ4v) is 4.00. The van der Waals surface area contributed by atoms with Crippen molar-refractivity contribution in [2.75, 3.05) is 32.8 Å². The number of hydrogen-bond donors (Lipinski definition) is 2. The van der Waals surface area contributed by atoms with Crippen LogP contribution < -0.4 is 10.1 Å². The van der Waals surface area contributed by atoms with E-state index in [2.05, 4.69) is 5.32 Å². The van der Waals surface area contributed by atoms with Crippen LogP contribution in [0.25, 0.3) is 0 Å². The molecule has 2 fully saturated rings. The number of hydrogen-bond acceptors (Lipinski definition) is 4. The quantitative estimate of drug-likeness (QED) is 0.717. The number of carbonyl (C=O) groups excluding carboxylic acids is 1. The van der Waals surface area contributed by atoms with E-state index in [9.17, 15) is 14.7 Å². The molecule has 25 heavy (non-hydrogen) atoms. The second-order valence-corrected chi connectivity index (χ2v) is 6.73. The number of rotatable bonds is 7. The lowest BCUT2D eigenvalue weighted by molar-refractivity contribution is -0.149. The van der Waals surface area contributed by atoms with E-state index in [1.54, 1.807) is 0 Å². The van der Waals surface area contributed by atoms with Crippen LogP contribution in [0.2, 0.25) is 0 Å². The van der Waals surface area contributed by atoms with Crippen molar-refractivity contribution in [3.8, 4) is 5.75 Å². The minimum absolute atomic E-state index is 0. The van der Waals surface area contributed by atoms with Crippen LogP contribution in [0, 0.1) is 11.3 Å². The maximum Gasteiger partial charge on any atom is 0.311 e. The largest absolute Gasteiger partial charge is 0.492 e. The van der Waals surface area contributed by atoms with Gasteiger partial charge in [-0.15, -0.1) is 12.4 Å². The van der Waals surface area contributed by atoms with Crippen LogP contribution in [-0.2, 0) is 9.59 Å². The van der Waals surface area contributed by atoms with Gasteiger partial charge in [-0.25, -0.2) is 0 Å². The summed E-state index contributed by atoms with van der Waals surface area (Å²) in [4.78, 5) is 25.7. The number of ether oxygens (including phenoxy) is 1. The van der Waals surface area contributed by atoms with Crippen molar-refractivity contribution in [1.29, 1.82) is 0 Å². The molecule has 138 valence electrons. The number of carboxylic acid groups (broad SMARTS) is 1. The van der Waals surface area contributed by atoms with Gasteiger partial charge >= 0.3 is 5.97 Å². The summed E-state index contributed by atoms with van der Waals surface area (Å²) in [5.74, 6) is 0.183. The molecule has 1 heterocycles. The van der Waals surface area contributed by atoms with Gasteiger partial charge in [0, 0.05) is 13.1 Å². The van der Waals surface area contributed by atoms with E-state index in [-0.39, 0.29) is 30.8 Å². The summed E-state index contributed by atoms with van der Waals surface area (Å²) in [6, 6.07) is 9.46. The Morgan fingerprint density at radius 2 is 2.08 bits per heavy atom. The van der Waals surface area contributed by atoms with E-state index in [0.29, 0.717) is 26.2 Å². The Hall–Kier alpha value is -1.79. The molecule has 0 aromatic heterocycles. The summed E-state index contributed by atoms with van der Waals surface area (Å²) >= 11 is 0. The molecule has 1 amide bonds. The molecule has 0 bridgehead atoms. The number of fused-ring (bicyclic) bond motifs is 1. The monoisotopic (exact) mass is 368 g/mol. The highest BCUT2D eigenvalue weighted by molar-refractivity contribution is 5.85. The third kappa shape index (κ3) is 4.44. The number of nitrogens with zero attached hydrogens (tertiary/aromatic N) is 1. The van der Waals surface area contributed by atoms with Gasteiger partial charge in [0.2, 0.25) is 5.91 Å². The van der Waals surface area contributed by atoms with Crippen molar-refractivity contribution in [3.05, 3.63) is 30.3 Å². The van der Waals surface area contributed by atoms with Crippen LogP contribution in [0.1, 0.15) is 19.3 Å². The molecular formula is C18H25ClN2O4. The molecule has 1 aromatic rings. The second kappa shape index (κ2) is 8.54. The number of para-hydroxylation sites is 1. The zero-order valence-electron chi connectivity index (χ0n) is 14.1. The van der Waals surface area contributed by atoms with Crippen molar-refractivity contribution in [2.45, 2.75) is 19.3 Å². The first-order chi connectivity index (χ1) is 11.6. The lowest BCUT2D eigenvalue weighted by Crippen LogP contribution is -2.40. The molecule has 1 saturated heterocycles. The fraction of sp³-hybridized carbons (Fsp3) is 0.556. The van der Waals surface area contributed by atoms with Gasteiger partial charge in [-0.3, -0.25) is 14.5 Å². The number of likely N-dealkylation sites (tertiary alicyclic amines) is 1. The molecular weight excluding hydrogens is 344 g/mol. The van der Waals surface area contributed by atoms with Gasteiger partial charge in [0.05, 0.1) is 18.5 Å². The number of benzene rings is 1. The highest BCUT2D eigenvalue weighted by atomic mass is 35.5. The molecule has 0 spiro atoms. The Kier molecular flexibility index (Phi) is 6.67. The first-order valence-electron chi connectivity index (χ1n) is 8.50. The summed E-state index contributed by atoms with van der Waals surface area (Å²) in [6.07, 6.45) is 2.67. The molecule has 6 nitrogen and oxygen atoms in total. The molecule has 0 radical (unpaired) electrons. The van der Waals surface area contributed by atoms with E-state index in [1.807, 2.05) is 35.2 Å². The summed E-state index contributed by atoms with van der Waals surface area (Å²) in [7, 11) is 0. The SMILES string of the molecule is Cl.O=C(CN1C[C@@H]2CCC[C@@]2(C(=O)O)C1)NCCOc1ccccc1. The Morgan fingerprint density at radius 1 is 1.32 bits per heavy atom. The molecule has 1 aromatic carbocycles. The van der Waals surface area contributed by atoms with Gasteiger partial charge in [-0.2, -0.15) is 0 Å². The minimum atomic E-state index is -0.704. The van der Waals surface area contributed by atoms with E-state index in [0.717, 1.165) is 25.0 Å². The Morgan fingerprint density at radius 3 is 2.76 bits per heavy atom. The van der Waals surface area contributed by atoms with Crippen molar-refractivity contribution >= 4 is 24.3 Å². The highest BCUT2D eigenvalue weighted by Gasteiger charge is 2.54. The molecule has 2 aliphatic rings. The topological polar surface area (TPSA) is 78.9 Å². The third-order valence-electron chi connectivity index (χ3n) is 5.17. The number of halogens is 1. The zero-order valence-corrected chi connectivity index (χ0v) is 15.0. The van der Waals surface area contributed by atoms with Crippen molar-refractivity contribution in [3.63, 3.8) is 0 Å². The standard InChI is InChI=1S/C18H24N2O4.ClH/c21-16(19-9-10-24-15-6-2-1-3-7-15)12-20-11-14-5-4-8-18(14,13-20)17(22)23;/h1-3,6-7,14H,4-5,8-13H2,(H,19,21)(H,22,23);1H/t14-,18+;/m0./s1. The van der Waals surface area contributed by atoms with Crippen LogP contribution in [0.15, 0.2) is 30.3 Å². The second-order valence-electron chi connectivity index (χ2n) is 6.73. The maximum absolute atomic E-state index is 12.0. The maximum atomic E-state index is 12.0. The van der Waals surface area contributed by atoms with Crippen molar-refractivity contribution in [2.24, 2.45) is 11.3 Å². The van der Waals surface area contributed by atoms with Gasteiger partial charge in [0.1, 0.15) is 12.4 Å². The zero-order chi connectivity index (χ0) is 17.0. The van der Waals surface area contributed by atoms with Crippen LogP contribution >= 0.6 is 12.4 Å². The summed E-state index contributed by atoms with van der Waals surface area (Å²) in [5, 5.41) is 12.4. The molecule has 2 N–H and O–H groups in total. The van der Waals surface area contributed by atoms with Crippen LogP contribution in [0.3, 0.4) is 0 Å². The van der Waals surface area contributed by atoms with Crippen molar-refractivity contribution in [1.82, 2.24) is 10.2 Å². The lowest BCUT2D eigenvalue weighted by Gasteiger charge is -2.23.